The Kier molecular flexibility index (Phi) is 8.44. The third-order valence-corrected chi connectivity index (χ3v) is 3.49. The predicted molar refractivity (Wildman–Crippen MR) is 91.5 cm³/mol. The maximum absolute atomic E-state index is 5.43. The van der Waals surface area contributed by atoms with Gasteiger partial charge in [0.2, 0.25) is 6.69 Å². The van der Waals surface area contributed by atoms with Crippen molar-refractivity contribution >= 4 is 28.9 Å². The molecule has 2 aliphatic carbocycles. The molecule has 19 heavy (non-hydrogen) atoms. The highest BCUT2D eigenvalue weighted by molar-refractivity contribution is 7.44. The molecule has 2 aliphatic rings. The van der Waals surface area contributed by atoms with E-state index in [2.05, 4.69) is 12.2 Å². The molecular weight excluding hydrogens is 291 g/mol. The first-order valence-corrected chi connectivity index (χ1v) is 12.8. The summed E-state index contributed by atoms with van der Waals surface area (Å²) in [6, 6.07) is 0. The zero-order valence-electron chi connectivity index (χ0n) is 12.5. The Balaban J connectivity index is 0.000000312. The van der Waals surface area contributed by atoms with Crippen LogP contribution < -0.4 is 0 Å². The first-order valence-electron chi connectivity index (χ1n) is 7.73. The van der Waals surface area contributed by atoms with Crippen molar-refractivity contribution < 1.29 is 0 Å². The van der Waals surface area contributed by atoms with Crippen LogP contribution in [0.15, 0.2) is 23.3 Å². The molecule has 0 fully saturated rings. The first kappa shape index (κ1) is 17.3. The first-order chi connectivity index (χ1) is 8.97. The highest BCUT2D eigenvalue weighted by Crippen LogP contribution is 2.29. The molecule has 0 amide bonds. The molecule has 0 saturated heterocycles. The number of hydrogen-bond donors (Lipinski definition) is 0. The average Bonchev–Trinajstić information content (AvgIpc) is 2.71. The van der Waals surface area contributed by atoms with E-state index in [0.29, 0.717) is 0 Å². The van der Waals surface area contributed by atoms with Gasteiger partial charge in [-0.1, -0.05) is 25.0 Å². The van der Waals surface area contributed by atoms with Gasteiger partial charge >= 0.3 is 0 Å². The van der Waals surface area contributed by atoms with Gasteiger partial charge in [-0.25, -0.2) is 0 Å². The van der Waals surface area contributed by atoms with Gasteiger partial charge in [0.15, 0.2) is 0 Å². The van der Waals surface area contributed by atoms with E-state index in [-0.39, 0.29) is 0 Å². The smallest absolute Gasteiger partial charge is 0.146 e. The van der Waals surface area contributed by atoms with Crippen molar-refractivity contribution in [2.24, 2.45) is 0 Å². The Hall–Kier alpha value is 0.277. The van der Waals surface area contributed by atoms with Crippen LogP contribution in [0.25, 0.3) is 0 Å². The molecule has 0 aromatic carbocycles. The van der Waals surface area contributed by atoms with E-state index >= 15 is 0 Å². The lowest BCUT2D eigenvalue weighted by Gasteiger charge is -2.09. The van der Waals surface area contributed by atoms with Crippen LogP contribution in [-0.2, 0) is 0 Å². The molecule has 0 unspecified atom stereocenters. The Morgan fingerprint density at radius 3 is 1.47 bits per heavy atom. The van der Waals surface area contributed by atoms with Crippen LogP contribution >= 0.6 is 22.2 Å². The fraction of sp³-hybridized carbons (Fsp3) is 0.750. The molecule has 0 spiro atoms. The Bertz CT molecular complexity index is 281. The standard InChI is InChI=1S/C14H22.C2H6Cl2Si/c1-2-6-10-13(9-5-1)14-11-7-3-4-8-12-14;1-5(2,3)4/h9,11H,1-8,10,12H2;1-2H3. The average molecular weight is 319 g/mol. The summed E-state index contributed by atoms with van der Waals surface area (Å²) in [5, 5.41) is 0. The van der Waals surface area contributed by atoms with Gasteiger partial charge in [-0.3, -0.25) is 0 Å². The largest absolute Gasteiger partial charge is 0.245 e. The van der Waals surface area contributed by atoms with Gasteiger partial charge in [0.05, 0.1) is 0 Å². The highest BCUT2D eigenvalue weighted by atomic mass is 35.7. The second-order valence-electron chi connectivity index (χ2n) is 5.98. The van der Waals surface area contributed by atoms with E-state index in [1.165, 1.54) is 64.2 Å². The third-order valence-electron chi connectivity index (χ3n) is 3.49. The van der Waals surface area contributed by atoms with Gasteiger partial charge in [-0.15, -0.1) is 22.2 Å². The van der Waals surface area contributed by atoms with Gasteiger partial charge in [0.1, 0.15) is 0 Å². The second-order valence-corrected chi connectivity index (χ2v) is 14.9. The van der Waals surface area contributed by atoms with E-state index in [1.807, 2.05) is 13.1 Å². The van der Waals surface area contributed by atoms with Crippen molar-refractivity contribution in [3.05, 3.63) is 23.3 Å². The summed E-state index contributed by atoms with van der Waals surface area (Å²) >= 11 is 10.9. The van der Waals surface area contributed by atoms with Gasteiger partial charge < -0.3 is 0 Å². The molecule has 0 nitrogen and oxygen atoms in total. The lowest BCUT2D eigenvalue weighted by atomic mass is 9.97. The van der Waals surface area contributed by atoms with Crippen LogP contribution in [0, 0.1) is 0 Å². The molecule has 0 aromatic rings. The molecule has 0 aromatic heterocycles. The lowest BCUT2D eigenvalue weighted by molar-refractivity contribution is 0.699. The van der Waals surface area contributed by atoms with Crippen molar-refractivity contribution in [2.75, 3.05) is 0 Å². The molecule has 0 saturated carbocycles. The zero-order chi connectivity index (χ0) is 14.1. The van der Waals surface area contributed by atoms with E-state index in [9.17, 15) is 0 Å². The van der Waals surface area contributed by atoms with Crippen molar-refractivity contribution in [3.8, 4) is 0 Å². The number of allylic oxidation sites excluding steroid dienone is 4. The summed E-state index contributed by atoms with van der Waals surface area (Å²) in [6.45, 7) is 2.05. The minimum Gasteiger partial charge on any atom is -0.146 e. The van der Waals surface area contributed by atoms with E-state index in [1.54, 1.807) is 11.1 Å². The van der Waals surface area contributed by atoms with Crippen molar-refractivity contribution in [3.63, 3.8) is 0 Å². The van der Waals surface area contributed by atoms with Crippen LogP contribution in [0.1, 0.15) is 64.2 Å². The van der Waals surface area contributed by atoms with Crippen molar-refractivity contribution in [2.45, 2.75) is 77.3 Å². The molecule has 2 rings (SSSR count). The summed E-state index contributed by atoms with van der Waals surface area (Å²) in [4.78, 5) is 0. The van der Waals surface area contributed by atoms with Gasteiger partial charge in [-0.05, 0) is 75.6 Å². The maximum Gasteiger partial charge on any atom is 0.245 e. The third kappa shape index (κ3) is 9.76. The molecular formula is C16H28Cl2Si. The molecule has 0 atom stereocenters. The Morgan fingerprint density at radius 2 is 1.11 bits per heavy atom. The number of halogens is 2. The summed E-state index contributed by atoms with van der Waals surface area (Å²) in [5.41, 5.74) is 3.40. The van der Waals surface area contributed by atoms with Crippen LogP contribution in [-0.4, -0.2) is 6.69 Å². The fourth-order valence-electron chi connectivity index (χ4n) is 2.61. The van der Waals surface area contributed by atoms with Crippen LogP contribution in [0.4, 0.5) is 0 Å². The van der Waals surface area contributed by atoms with Crippen molar-refractivity contribution in [1.82, 2.24) is 0 Å². The maximum atomic E-state index is 5.43. The normalized spacial score (nSPS) is 21.3. The van der Waals surface area contributed by atoms with Gasteiger partial charge in [0, 0.05) is 0 Å². The molecule has 0 bridgehead atoms. The minimum atomic E-state index is -1.67. The summed E-state index contributed by atoms with van der Waals surface area (Å²) in [7, 11) is 0. The summed E-state index contributed by atoms with van der Waals surface area (Å²) < 4.78 is 0. The topological polar surface area (TPSA) is 0 Å². The Morgan fingerprint density at radius 1 is 0.737 bits per heavy atom. The summed E-state index contributed by atoms with van der Waals surface area (Å²) in [6.07, 6.45) is 18.9. The van der Waals surface area contributed by atoms with Crippen molar-refractivity contribution in [1.29, 1.82) is 0 Å². The quantitative estimate of drug-likeness (QED) is 0.363. The molecule has 0 aliphatic heterocycles. The van der Waals surface area contributed by atoms with Crippen LogP contribution in [0.5, 0.6) is 0 Å². The number of hydrogen-bond acceptors (Lipinski definition) is 0. The second kappa shape index (κ2) is 9.26. The zero-order valence-corrected chi connectivity index (χ0v) is 15.0. The van der Waals surface area contributed by atoms with Gasteiger partial charge in [-0.2, -0.15) is 0 Å². The monoisotopic (exact) mass is 318 g/mol. The van der Waals surface area contributed by atoms with Crippen LogP contribution in [0.3, 0.4) is 0 Å². The lowest BCUT2D eigenvalue weighted by Crippen LogP contribution is -2.02. The molecule has 3 heteroatoms. The van der Waals surface area contributed by atoms with Crippen LogP contribution in [0.2, 0.25) is 13.1 Å². The number of rotatable bonds is 1. The SMILES string of the molecule is C1=C(C2=CCCCCC2)CCCCC1.C[Si](C)(Cl)Cl. The predicted octanol–water partition coefficient (Wildman–Crippen LogP) is 6.93. The summed E-state index contributed by atoms with van der Waals surface area (Å²) in [5.74, 6) is 0. The molecule has 0 N–H and O–H groups in total. The van der Waals surface area contributed by atoms with E-state index < -0.39 is 6.69 Å². The van der Waals surface area contributed by atoms with E-state index in [4.69, 9.17) is 22.2 Å². The fourth-order valence-corrected chi connectivity index (χ4v) is 2.61. The van der Waals surface area contributed by atoms with E-state index in [0.717, 1.165) is 0 Å². The van der Waals surface area contributed by atoms with Gasteiger partial charge in [0.25, 0.3) is 0 Å². The molecule has 0 heterocycles. The molecule has 110 valence electrons. The minimum absolute atomic E-state index is 1.33. The molecule has 0 radical (unpaired) electrons. The highest BCUT2D eigenvalue weighted by Gasteiger charge is 2.10. The Labute approximate surface area is 129 Å².